The predicted octanol–water partition coefficient (Wildman–Crippen LogP) is 0.252. The van der Waals surface area contributed by atoms with E-state index in [1.54, 1.807) is 0 Å². The van der Waals surface area contributed by atoms with E-state index in [-0.39, 0.29) is 12.2 Å². The SMILES string of the molecule is NC(CC(=O)O)c1nc2ncc(Cl)cn2n1. The summed E-state index contributed by atoms with van der Waals surface area (Å²) in [5.41, 5.74) is 5.62. The van der Waals surface area contributed by atoms with E-state index < -0.39 is 12.0 Å². The van der Waals surface area contributed by atoms with E-state index in [0.29, 0.717) is 10.8 Å². The van der Waals surface area contributed by atoms with Crippen molar-refractivity contribution in [3.05, 3.63) is 23.2 Å². The summed E-state index contributed by atoms with van der Waals surface area (Å²) in [5, 5.41) is 13.0. The highest BCUT2D eigenvalue weighted by Crippen LogP contribution is 2.12. The van der Waals surface area contributed by atoms with Crippen molar-refractivity contribution < 1.29 is 9.90 Å². The van der Waals surface area contributed by atoms with Crippen molar-refractivity contribution >= 4 is 23.3 Å². The van der Waals surface area contributed by atoms with Crippen LogP contribution in [0.1, 0.15) is 18.3 Å². The molecule has 0 bridgehead atoms. The minimum Gasteiger partial charge on any atom is -0.481 e. The Labute approximate surface area is 94.9 Å². The van der Waals surface area contributed by atoms with Gasteiger partial charge in [0.25, 0.3) is 5.78 Å². The molecule has 0 aromatic carbocycles. The topological polar surface area (TPSA) is 106 Å². The molecule has 2 heterocycles. The Kier molecular flexibility index (Phi) is 2.71. The number of halogens is 1. The van der Waals surface area contributed by atoms with Gasteiger partial charge in [0.2, 0.25) is 0 Å². The highest BCUT2D eigenvalue weighted by molar-refractivity contribution is 6.30. The highest BCUT2D eigenvalue weighted by atomic mass is 35.5. The number of hydrogen-bond acceptors (Lipinski definition) is 5. The van der Waals surface area contributed by atoms with Gasteiger partial charge in [-0.05, 0) is 0 Å². The zero-order chi connectivity index (χ0) is 11.7. The van der Waals surface area contributed by atoms with Crippen LogP contribution in [-0.4, -0.2) is 30.7 Å². The molecule has 0 saturated carbocycles. The van der Waals surface area contributed by atoms with Gasteiger partial charge in [-0.1, -0.05) is 11.6 Å². The van der Waals surface area contributed by atoms with Gasteiger partial charge in [-0.3, -0.25) is 4.79 Å². The van der Waals surface area contributed by atoms with E-state index in [2.05, 4.69) is 15.1 Å². The summed E-state index contributed by atoms with van der Waals surface area (Å²) in [7, 11) is 0. The highest BCUT2D eigenvalue weighted by Gasteiger charge is 2.16. The van der Waals surface area contributed by atoms with Crippen molar-refractivity contribution in [1.29, 1.82) is 0 Å². The van der Waals surface area contributed by atoms with Crippen molar-refractivity contribution in [2.24, 2.45) is 5.73 Å². The van der Waals surface area contributed by atoms with Crippen LogP contribution in [0.2, 0.25) is 5.02 Å². The molecule has 16 heavy (non-hydrogen) atoms. The van der Waals surface area contributed by atoms with Crippen LogP contribution in [0.5, 0.6) is 0 Å². The first-order valence-corrected chi connectivity index (χ1v) is 4.79. The van der Waals surface area contributed by atoms with Crippen molar-refractivity contribution in [3.63, 3.8) is 0 Å². The second kappa shape index (κ2) is 4.03. The zero-order valence-corrected chi connectivity index (χ0v) is 8.79. The third-order valence-corrected chi connectivity index (χ3v) is 2.10. The molecule has 84 valence electrons. The van der Waals surface area contributed by atoms with Crippen molar-refractivity contribution in [2.75, 3.05) is 0 Å². The van der Waals surface area contributed by atoms with Gasteiger partial charge in [-0.15, -0.1) is 5.10 Å². The fraction of sp³-hybridized carbons (Fsp3) is 0.250. The lowest BCUT2D eigenvalue weighted by Gasteiger charge is -2.01. The third-order valence-electron chi connectivity index (χ3n) is 1.90. The molecule has 0 aliphatic carbocycles. The molecule has 2 rings (SSSR count). The fourth-order valence-corrected chi connectivity index (χ4v) is 1.35. The second-order valence-corrected chi connectivity index (χ2v) is 3.63. The van der Waals surface area contributed by atoms with E-state index in [1.165, 1.54) is 16.9 Å². The molecule has 2 aromatic rings. The first kappa shape index (κ1) is 10.8. The molecule has 7 nitrogen and oxygen atoms in total. The largest absolute Gasteiger partial charge is 0.481 e. The molecule has 0 fully saturated rings. The van der Waals surface area contributed by atoms with Crippen LogP contribution in [0.4, 0.5) is 0 Å². The normalized spacial score (nSPS) is 12.9. The van der Waals surface area contributed by atoms with Gasteiger partial charge in [0.15, 0.2) is 5.82 Å². The van der Waals surface area contributed by atoms with Gasteiger partial charge in [-0.2, -0.15) is 4.98 Å². The Balaban J connectivity index is 2.35. The summed E-state index contributed by atoms with van der Waals surface area (Å²) >= 11 is 5.72. The first-order valence-electron chi connectivity index (χ1n) is 4.41. The van der Waals surface area contributed by atoms with Gasteiger partial charge in [0.05, 0.1) is 29.9 Å². The Hall–Kier alpha value is -1.73. The van der Waals surface area contributed by atoms with E-state index in [9.17, 15) is 4.79 Å². The predicted molar refractivity (Wildman–Crippen MR) is 55.0 cm³/mol. The number of hydrogen-bond donors (Lipinski definition) is 2. The molecule has 1 atom stereocenters. The number of nitrogens with zero attached hydrogens (tertiary/aromatic N) is 4. The fourth-order valence-electron chi connectivity index (χ4n) is 1.21. The Morgan fingerprint density at radius 3 is 3.12 bits per heavy atom. The van der Waals surface area contributed by atoms with Crippen LogP contribution in [0.3, 0.4) is 0 Å². The molecule has 0 amide bonds. The molecular formula is C8H8ClN5O2. The third kappa shape index (κ3) is 2.10. The number of nitrogens with two attached hydrogens (primary N) is 1. The van der Waals surface area contributed by atoms with E-state index in [0.717, 1.165) is 0 Å². The molecular weight excluding hydrogens is 234 g/mol. The lowest BCUT2D eigenvalue weighted by Crippen LogP contribution is -2.16. The maximum absolute atomic E-state index is 10.5. The molecule has 2 aromatic heterocycles. The lowest BCUT2D eigenvalue weighted by molar-refractivity contribution is -0.137. The molecule has 0 radical (unpaired) electrons. The Morgan fingerprint density at radius 2 is 2.44 bits per heavy atom. The quantitative estimate of drug-likeness (QED) is 0.798. The van der Waals surface area contributed by atoms with Gasteiger partial charge in [0.1, 0.15) is 0 Å². The summed E-state index contributed by atoms with van der Waals surface area (Å²) in [4.78, 5) is 18.4. The molecule has 8 heteroatoms. The summed E-state index contributed by atoms with van der Waals surface area (Å²) in [6, 6.07) is -0.752. The van der Waals surface area contributed by atoms with E-state index in [4.69, 9.17) is 22.4 Å². The number of fused-ring (bicyclic) bond motifs is 1. The molecule has 1 unspecified atom stereocenters. The van der Waals surface area contributed by atoms with Gasteiger partial charge < -0.3 is 10.8 Å². The number of aromatic nitrogens is 4. The average Bonchev–Trinajstić information content (AvgIpc) is 2.59. The molecule has 0 aliphatic heterocycles. The average molecular weight is 242 g/mol. The summed E-state index contributed by atoms with van der Waals surface area (Å²) in [5.74, 6) is -0.435. The molecule has 0 aliphatic rings. The van der Waals surface area contributed by atoms with E-state index in [1.807, 2.05) is 0 Å². The Morgan fingerprint density at radius 1 is 1.69 bits per heavy atom. The maximum Gasteiger partial charge on any atom is 0.305 e. The second-order valence-electron chi connectivity index (χ2n) is 3.19. The molecule has 0 saturated heterocycles. The van der Waals surface area contributed by atoms with Gasteiger partial charge >= 0.3 is 5.97 Å². The zero-order valence-electron chi connectivity index (χ0n) is 8.04. The Bertz CT molecular complexity index is 540. The minimum absolute atomic E-state index is 0.232. The van der Waals surface area contributed by atoms with E-state index >= 15 is 0 Å². The van der Waals surface area contributed by atoms with Gasteiger partial charge in [0, 0.05) is 0 Å². The molecule has 0 spiro atoms. The first-order chi connectivity index (χ1) is 7.56. The minimum atomic E-state index is -1.00. The number of carboxylic acids is 1. The van der Waals surface area contributed by atoms with Crippen LogP contribution in [0.25, 0.3) is 5.78 Å². The van der Waals surface area contributed by atoms with Crippen LogP contribution in [-0.2, 0) is 4.79 Å². The number of carbonyl (C=O) groups is 1. The van der Waals surface area contributed by atoms with Crippen LogP contribution >= 0.6 is 11.6 Å². The summed E-state index contributed by atoms with van der Waals surface area (Å²) in [6.07, 6.45) is 2.72. The summed E-state index contributed by atoms with van der Waals surface area (Å²) in [6.45, 7) is 0. The van der Waals surface area contributed by atoms with Gasteiger partial charge in [-0.25, -0.2) is 9.50 Å². The van der Waals surface area contributed by atoms with Crippen molar-refractivity contribution in [3.8, 4) is 0 Å². The summed E-state index contributed by atoms with van der Waals surface area (Å²) < 4.78 is 1.36. The smallest absolute Gasteiger partial charge is 0.305 e. The monoisotopic (exact) mass is 241 g/mol. The standard InChI is InChI=1S/C8H8ClN5O2/c9-4-2-11-8-12-7(13-14(8)3-4)5(10)1-6(15)16/h2-3,5H,1,10H2,(H,15,16). The van der Waals surface area contributed by atoms with Crippen molar-refractivity contribution in [1.82, 2.24) is 19.6 Å². The number of carboxylic acid groups (broad SMARTS) is 1. The van der Waals surface area contributed by atoms with Crippen molar-refractivity contribution in [2.45, 2.75) is 12.5 Å². The number of aliphatic carboxylic acids is 1. The maximum atomic E-state index is 10.5. The number of rotatable bonds is 3. The lowest BCUT2D eigenvalue weighted by atomic mass is 10.2. The molecule has 3 N–H and O–H groups in total. The van der Waals surface area contributed by atoms with Crippen LogP contribution in [0.15, 0.2) is 12.4 Å². The van der Waals surface area contributed by atoms with Crippen LogP contribution < -0.4 is 5.73 Å². The van der Waals surface area contributed by atoms with Crippen LogP contribution in [0, 0.1) is 0 Å².